The number of rotatable bonds is 4. The Morgan fingerprint density at radius 1 is 1.14 bits per heavy atom. The molecule has 3 rings (SSSR count). The van der Waals surface area contributed by atoms with Crippen LogP contribution in [0.1, 0.15) is 24.8 Å². The number of hydrogen-bond acceptors (Lipinski definition) is 3. The minimum atomic E-state index is -0.180. The van der Waals surface area contributed by atoms with E-state index in [2.05, 4.69) is 12.1 Å². The first-order valence-corrected chi connectivity index (χ1v) is 7.57. The first-order valence-electron chi connectivity index (χ1n) is 7.57. The Morgan fingerprint density at radius 2 is 2.00 bits per heavy atom. The SMILES string of the molecule is O=C(Cc1cccc2ccccc12)OCC1CCCCO1. The summed E-state index contributed by atoms with van der Waals surface area (Å²) in [6.45, 7) is 1.16. The highest BCUT2D eigenvalue weighted by Gasteiger charge is 2.16. The fraction of sp³-hybridized carbons (Fsp3) is 0.389. The lowest BCUT2D eigenvalue weighted by Crippen LogP contribution is -2.26. The highest BCUT2D eigenvalue weighted by Crippen LogP contribution is 2.19. The van der Waals surface area contributed by atoms with Gasteiger partial charge >= 0.3 is 5.97 Å². The Labute approximate surface area is 124 Å². The fourth-order valence-electron chi connectivity index (χ4n) is 2.78. The van der Waals surface area contributed by atoms with Gasteiger partial charge in [-0.15, -0.1) is 0 Å². The second kappa shape index (κ2) is 6.72. The quantitative estimate of drug-likeness (QED) is 0.806. The summed E-state index contributed by atoms with van der Waals surface area (Å²) in [5, 5.41) is 2.27. The van der Waals surface area contributed by atoms with E-state index in [0.29, 0.717) is 13.0 Å². The third-order valence-corrected chi connectivity index (χ3v) is 3.92. The zero-order valence-corrected chi connectivity index (χ0v) is 12.1. The fourth-order valence-corrected chi connectivity index (χ4v) is 2.78. The molecule has 3 nitrogen and oxygen atoms in total. The van der Waals surface area contributed by atoms with Crippen molar-refractivity contribution < 1.29 is 14.3 Å². The van der Waals surface area contributed by atoms with E-state index in [4.69, 9.17) is 9.47 Å². The second-order valence-electron chi connectivity index (χ2n) is 5.49. The van der Waals surface area contributed by atoms with E-state index in [1.54, 1.807) is 0 Å². The van der Waals surface area contributed by atoms with Gasteiger partial charge in [-0.1, -0.05) is 42.5 Å². The van der Waals surface area contributed by atoms with Crippen LogP contribution in [0.25, 0.3) is 10.8 Å². The lowest BCUT2D eigenvalue weighted by molar-refractivity contribution is -0.148. The minimum Gasteiger partial charge on any atom is -0.463 e. The first-order chi connectivity index (χ1) is 10.3. The highest BCUT2D eigenvalue weighted by molar-refractivity contribution is 5.88. The summed E-state index contributed by atoms with van der Waals surface area (Å²) in [4.78, 5) is 12.0. The van der Waals surface area contributed by atoms with Crippen LogP contribution in [0.15, 0.2) is 42.5 Å². The van der Waals surface area contributed by atoms with Crippen LogP contribution in [-0.4, -0.2) is 25.3 Å². The van der Waals surface area contributed by atoms with Crippen molar-refractivity contribution in [2.45, 2.75) is 31.8 Å². The average Bonchev–Trinajstić information content (AvgIpc) is 2.54. The summed E-state index contributed by atoms with van der Waals surface area (Å²) in [6, 6.07) is 14.1. The molecule has 2 aromatic carbocycles. The number of esters is 1. The molecule has 1 heterocycles. The standard InChI is InChI=1S/C18H20O3/c19-18(21-13-16-9-3-4-11-20-16)12-15-8-5-7-14-6-1-2-10-17(14)15/h1-2,5-8,10,16H,3-4,9,11-13H2. The summed E-state index contributed by atoms with van der Waals surface area (Å²) >= 11 is 0. The first kappa shape index (κ1) is 14.1. The third-order valence-electron chi connectivity index (χ3n) is 3.92. The van der Waals surface area contributed by atoms with Gasteiger partial charge < -0.3 is 9.47 Å². The van der Waals surface area contributed by atoms with Crippen LogP contribution in [0.2, 0.25) is 0 Å². The molecule has 1 unspecified atom stereocenters. The van der Waals surface area contributed by atoms with Crippen molar-refractivity contribution in [2.75, 3.05) is 13.2 Å². The molecule has 1 aliphatic rings. The maximum atomic E-state index is 12.0. The summed E-state index contributed by atoms with van der Waals surface area (Å²) in [5.41, 5.74) is 1.02. The van der Waals surface area contributed by atoms with Crippen molar-refractivity contribution in [1.29, 1.82) is 0 Å². The van der Waals surface area contributed by atoms with Gasteiger partial charge in [-0.25, -0.2) is 0 Å². The van der Waals surface area contributed by atoms with Crippen LogP contribution < -0.4 is 0 Å². The molecule has 0 radical (unpaired) electrons. The number of carbonyl (C=O) groups is 1. The van der Waals surface area contributed by atoms with Crippen molar-refractivity contribution in [3.63, 3.8) is 0 Å². The summed E-state index contributed by atoms with van der Waals surface area (Å²) in [5.74, 6) is -0.180. The molecule has 1 fully saturated rings. The molecule has 0 spiro atoms. The molecular weight excluding hydrogens is 264 g/mol. The van der Waals surface area contributed by atoms with Crippen molar-refractivity contribution >= 4 is 16.7 Å². The molecule has 0 bridgehead atoms. The molecule has 0 saturated carbocycles. The van der Waals surface area contributed by atoms with Gasteiger partial charge in [0.15, 0.2) is 0 Å². The maximum absolute atomic E-state index is 12.0. The van der Waals surface area contributed by atoms with Crippen molar-refractivity contribution in [1.82, 2.24) is 0 Å². The van der Waals surface area contributed by atoms with Gasteiger partial charge in [0.05, 0.1) is 12.5 Å². The minimum absolute atomic E-state index is 0.0789. The van der Waals surface area contributed by atoms with Crippen LogP contribution >= 0.6 is 0 Å². The maximum Gasteiger partial charge on any atom is 0.310 e. The summed E-state index contributed by atoms with van der Waals surface area (Å²) in [6.07, 6.45) is 3.65. The average molecular weight is 284 g/mol. The van der Waals surface area contributed by atoms with Crippen LogP contribution in [0.5, 0.6) is 0 Å². The zero-order valence-electron chi connectivity index (χ0n) is 12.1. The predicted octanol–water partition coefficient (Wildman–Crippen LogP) is 3.49. The summed E-state index contributed by atoms with van der Waals surface area (Å²) in [7, 11) is 0. The van der Waals surface area contributed by atoms with E-state index in [0.717, 1.165) is 42.2 Å². The Kier molecular flexibility index (Phi) is 4.51. The molecule has 21 heavy (non-hydrogen) atoms. The van der Waals surface area contributed by atoms with E-state index in [1.165, 1.54) is 0 Å². The molecule has 1 saturated heterocycles. The second-order valence-corrected chi connectivity index (χ2v) is 5.49. The van der Waals surface area contributed by atoms with Gasteiger partial charge in [-0.05, 0) is 35.6 Å². The van der Waals surface area contributed by atoms with Gasteiger partial charge in [0, 0.05) is 6.61 Å². The van der Waals surface area contributed by atoms with Gasteiger partial charge in [0.2, 0.25) is 0 Å². The molecule has 0 aromatic heterocycles. The Bertz CT molecular complexity index is 609. The van der Waals surface area contributed by atoms with Crippen LogP contribution in [0.3, 0.4) is 0 Å². The number of benzene rings is 2. The Hall–Kier alpha value is -1.87. The van der Waals surface area contributed by atoms with E-state index >= 15 is 0 Å². The Balaban J connectivity index is 1.61. The topological polar surface area (TPSA) is 35.5 Å². The molecular formula is C18H20O3. The molecule has 1 atom stereocenters. The molecule has 110 valence electrons. The molecule has 1 aliphatic heterocycles. The molecule has 3 heteroatoms. The monoisotopic (exact) mass is 284 g/mol. The molecule has 2 aromatic rings. The molecule has 0 amide bonds. The Morgan fingerprint density at radius 3 is 2.86 bits per heavy atom. The summed E-state index contributed by atoms with van der Waals surface area (Å²) < 4.78 is 10.9. The van der Waals surface area contributed by atoms with E-state index < -0.39 is 0 Å². The number of ether oxygens (including phenoxy) is 2. The van der Waals surface area contributed by atoms with Gasteiger partial charge in [-0.3, -0.25) is 4.79 Å². The predicted molar refractivity (Wildman–Crippen MR) is 82.2 cm³/mol. The van der Waals surface area contributed by atoms with Crippen molar-refractivity contribution in [3.8, 4) is 0 Å². The third kappa shape index (κ3) is 3.61. The number of hydrogen-bond donors (Lipinski definition) is 0. The van der Waals surface area contributed by atoms with Crippen LogP contribution in [-0.2, 0) is 20.7 Å². The zero-order chi connectivity index (χ0) is 14.5. The van der Waals surface area contributed by atoms with Gasteiger partial charge in [0.25, 0.3) is 0 Å². The number of fused-ring (bicyclic) bond motifs is 1. The van der Waals surface area contributed by atoms with Gasteiger partial charge in [-0.2, -0.15) is 0 Å². The normalized spacial score (nSPS) is 18.6. The largest absolute Gasteiger partial charge is 0.463 e. The van der Waals surface area contributed by atoms with E-state index in [-0.39, 0.29) is 12.1 Å². The lowest BCUT2D eigenvalue weighted by atomic mass is 10.0. The number of carbonyl (C=O) groups excluding carboxylic acids is 1. The van der Waals surface area contributed by atoms with Crippen LogP contribution in [0.4, 0.5) is 0 Å². The van der Waals surface area contributed by atoms with Gasteiger partial charge in [0.1, 0.15) is 6.61 Å². The van der Waals surface area contributed by atoms with E-state index in [1.807, 2.05) is 30.3 Å². The van der Waals surface area contributed by atoms with E-state index in [9.17, 15) is 4.79 Å². The van der Waals surface area contributed by atoms with Crippen molar-refractivity contribution in [2.24, 2.45) is 0 Å². The van der Waals surface area contributed by atoms with Crippen LogP contribution in [0, 0.1) is 0 Å². The molecule has 0 N–H and O–H groups in total. The smallest absolute Gasteiger partial charge is 0.310 e. The van der Waals surface area contributed by atoms with Crippen molar-refractivity contribution in [3.05, 3.63) is 48.0 Å². The molecule has 0 aliphatic carbocycles. The lowest BCUT2D eigenvalue weighted by Gasteiger charge is -2.22. The highest BCUT2D eigenvalue weighted by atomic mass is 16.6.